The summed E-state index contributed by atoms with van der Waals surface area (Å²) in [5, 5.41) is 30.4. The molecule has 0 unspecified atom stereocenters. The van der Waals surface area contributed by atoms with E-state index in [4.69, 9.17) is 0 Å². The minimum atomic E-state index is -1.79. The molecule has 96 valence electrons. The van der Waals surface area contributed by atoms with Crippen LogP contribution in [0.25, 0.3) is 0 Å². The SMILES string of the molecule is CC[C@@H](C(O)(O)CC)[C@](C)(O)N1CCCC1. The molecule has 0 saturated carbocycles. The molecular weight excluding hydrogens is 206 g/mol. The van der Waals surface area contributed by atoms with Gasteiger partial charge in [-0.3, -0.25) is 4.90 Å². The summed E-state index contributed by atoms with van der Waals surface area (Å²) in [7, 11) is 0. The van der Waals surface area contributed by atoms with Gasteiger partial charge in [0.2, 0.25) is 0 Å². The quantitative estimate of drug-likeness (QED) is 0.615. The topological polar surface area (TPSA) is 63.9 Å². The molecule has 0 aromatic carbocycles. The summed E-state index contributed by atoms with van der Waals surface area (Å²) in [6.07, 6.45) is 2.92. The van der Waals surface area contributed by atoms with Crippen molar-refractivity contribution < 1.29 is 15.3 Å². The van der Waals surface area contributed by atoms with Crippen molar-refractivity contribution >= 4 is 0 Å². The van der Waals surface area contributed by atoms with Gasteiger partial charge in [0.25, 0.3) is 0 Å². The Morgan fingerprint density at radius 3 is 2.00 bits per heavy atom. The third-order valence-corrected chi connectivity index (χ3v) is 3.89. The standard InChI is InChI=1S/C12H25NO3/c1-4-10(12(15,16)5-2)11(3,14)13-8-6-7-9-13/h10,14-16H,4-9H2,1-3H3/t10-,11+/m1/s1. The van der Waals surface area contributed by atoms with Crippen molar-refractivity contribution in [2.24, 2.45) is 5.92 Å². The first-order valence-electron chi connectivity index (χ1n) is 6.28. The van der Waals surface area contributed by atoms with E-state index in [2.05, 4.69) is 0 Å². The lowest BCUT2D eigenvalue weighted by molar-refractivity contribution is -0.271. The predicted octanol–water partition coefficient (Wildman–Crippen LogP) is 0.908. The van der Waals surface area contributed by atoms with Crippen LogP contribution in [0.5, 0.6) is 0 Å². The number of hydrogen-bond donors (Lipinski definition) is 3. The molecule has 4 nitrogen and oxygen atoms in total. The maximum Gasteiger partial charge on any atom is 0.169 e. The molecule has 0 aliphatic carbocycles. The molecule has 0 radical (unpaired) electrons. The predicted molar refractivity (Wildman–Crippen MR) is 62.7 cm³/mol. The summed E-state index contributed by atoms with van der Waals surface area (Å²) in [4.78, 5) is 1.96. The molecule has 2 atom stereocenters. The van der Waals surface area contributed by atoms with E-state index in [9.17, 15) is 15.3 Å². The smallest absolute Gasteiger partial charge is 0.169 e. The van der Waals surface area contributed by atoms with Crippen LogP contribution in [0.4, 0.5) is 0 Å². The second kappa shape index (κ2) is 5.00. The van der Waals surface area contributed by atoms with Gasteiger partial charge in [-0.25, -0.2) is 0 Å². The van der Waals surface area contributed by atoms with E-state index < -0.39 is 17.4 Å². The summed E-state index contributed by atoms with van der Waals surface area (Å²) >= 11 is 0. The van der Waals surface area contributed by atoms with Gasteiger partial charge >= 0.3 is 0 Å². The Balaban J connectivity index is 2.84. The molecule has 0 aromatic heterocycles. The summed E-state index contributed by atoms with van der Waals surface area (Å²) < 4.78 is 0. The van der Waals surface area contributed by atoms with Crippen molar-refractivity contribution in [1.82, 2.24) is 4.90 Å². The van der Waals surface area contributed by atoms with Crippen LogP contribution in [-0.4, -0.2) is 44.8 Å². The zero-order valence-electron chi connectivity index (χ0n) is 10.6. The average Bonchev–Trinajstić information content (AvgIpc) is 2.71. The van der Waals surface area contributed by atoms with Gasteiger partial charge in [0.15, 0.2) is 5.79 Å². The summed E-state index contributed by atoms with van der Waals surface area (Å²) in [6.45, 7) is 6.98. The highest BCUT2D eigenvalue weighted by Crippen LogP contribution is 2.35. The van der Waals surface area contributed by atoms with E-state index in [0.29, 0.717) is 6.42 Å². The first kappa shape index (κ1) is 13.9. The van der Waals surface area contributed by atoms with Gasteiger partial charge in [-0.05, 0) is 32.6 Å². The maximum atomic E-state index is 10.5. The van der Waals surface area contributed by atoms with Crippen molar-refractivity contribution in [3.05, 3.63) is 0 Å². The fraction of sp³-hybridized carbons (Fsp3) is 1.00. The lowest BCUT2D eigenvalue weighted by Crippen LogP contribution is -2.58. The number of rotatable bonds is 5. The van der Waals surface area contributed by atoms with E-state index >= 15 is 0 Å². The molecule has 16 heavy (non-hydrogen) atoms. The van der Waals surface area contributed by atoms with Gasteiger partial charge in [-0.15, -0.1) is 0 Å². The van der Waals surface area contributed by atoms with Crippen LogP contribution in [0.15, 0.2) is 0 Å². The van der Waals surface area contributed by atoms with E-state index in [-0.39, 0.29) is 6.42 Å². The third-order valence-electron chi connectivity index (χ3n) is 3.89. The minimum Gasteiger partial charge on any atom is -0.375 e. The van der Waals surface area contributed by atoms with Gasteiger partial charge in [0.1, 0.15) is 5.72 Å². The molecule has 0 spiro atoms. The Hall–Kier alpha value is -0.160. The van der Waals surface area contributed by atoms with Crippen LogP contribution in [0, 0.1) is 5.92 Å². The first-order valence-corrected chi connectivity index (χ1v) is 6.28. The van der Waals surface area contributed by atoms with Crippen molar-refractivity contribution in [2.45, 2.75) is 58.0 Å². The third kappa shape index (κ3) is 2.56. The highest BCUT2D eigenvalue weighted by atomic mass is 16.5. The molecule has 0 amide bonds. The molecule has 1 aliphatic heterocycles. The Bertz CT molecular complexity index is 222. The Kier molecular flexibility index (Phi) is 4.35. The van der Waals surface area contributed by atoms with E-state index in [1.165, 1.54) is 0 Å². The molecular formula is C12H25NO3. The number of aliphatic hydroxyl groups is 3. The summed E-state index contributed by atoms with van der Waals surface area (Å²) in [5.41, 5.74) is -1.13. The fourth-order valence-corrected chi connectivity index (χ4v) is 2.79. The Morgan fingerprint density at radius 1 is 1.12 bits per heavy atom. The van der Waals surface area contributed by atoms with Crippen LogP contribution in [0.2, 0.25) is 0 Å². The van der Waals surface area contributed by atoms with E-state index in [1.807, 2.05) is 11.8 Å². The molecule has 1 rings (SSSR count). The molecule has 0 aromatic rings. The molecule has 1 saturated heterocycles. The number of hydrogen-bond acceptors (Lipinski definition) is 4. The Morgan fingerprint density at radius 2 is 1.62 bits per heavy atom. The highest BCUT2D eigenvalue weighted by Gasteiger charge is 2.47. The average molecular weight is 231 g/mol. The number of nitrogens with zero attached hydrogens (tertiary/aromatic N) is 1. The normalized spacial score (nSPS) is 24.4. The number of likely N-dealkylation sites (tertiary alicyclic amines) is 1. The molecule has 4 heteroatoms. The molecule has 0 bridgehead atoms. The van der Waals surface area contributed by atoms with E-state index in [1.54, 1.807) is 13.8 Å². The molecule has 1 fully saturated rings. The zero-order chi connectivity index (χ0) is 12.4. The minimum absolute atomic E-state index is 0.232. The molecule has 3 N–H and O–H groups in total. The van der Waals surface area contributed by atoms with Gasteiger partial charge in [0.05, 0.1) is 5.92 Å². The van der Waals surface area contributed by atoms with Crippen LogP contribution in [0.1, 0.15) is 46.5 Å². The van der Waals surface area contributed by atoms with E-state index in [0.717, 1.165) is 25.9 Å². The zero-order valence-corrected chi connectivity index (χ0v) is 10.6. The van der Waals surface area contributed by atoms with Crippen LogP contribution in [0.3, 0.4) is 0 Å². The summed E-state index contributed by atoms with van der Waals surface area (Å²) in [5.74, 6) is -2.33. The van der Waals surface area contributed by atoms with Gasteiger partial charge in [-0.1, -0.05) is 13.8 Å². The highest BCUT2D eigenvalue weighted by molar-refractivity contribution is 4.91. The van der Waals surface area contributed by atoms with Crippen LogP contribution >= 0.6 is 0 Å². The van der Waals surface area contributed by atoms with Gasteiger partial charge in [-0.2, -0.15) is 0 Å². The Labute approximate surface area is 97.9 Å². The van der Waals surface area contributed by atoms with Crippen LogP contribution < -0.4 is 0 Å². The van der Waals surface area contributed by atoms with Crippen molar-refractivity contribution in [1.29, 1.82) is 0 Å². The van der Waals surface area contributed by atoms with Crippen molar-refractivity contribution in [3.63, 3.8) is 0 Å². The summed E-state index contributed by atoms with van der Waals surface area (Å²) in [6, 6.07) is 0. The van der Waals surface area contributed by atoms with Gasteiger partial charge < -0.3 is 15.3 Å². The molecule has 1 heterocycles. The lowest BCUT2D eigenvalue weighted by Gasteiger charge is -2.45. The lowest BCUT2D eigenvalue weighted by atomic mass is 9.83. The molecule has 1 aliphatic rings. The van der Waals surface area contributed by atoms with Crippen molar-refractivity contribution in [3.8, 4) is 0 Å². The second-order valence-corrected chi connectivity index (χ2v) is 4.98. The maximum absolute atomic E-state index is 10.5. The van der Waals surface area contributed by atoms with Crippen LogP contribution in [-0.2, 0) is 0 Å². The second-order valence-electron chi connectivity index (χ2n) is 4.98. The largest absolute Gasteiger partial charge is 0.375 e. The monoisotopic (exact) mass is 231 g/mol. The van der Waals surface area contributed by atoms with Gasteiger partial charge in [0, 0.05) is 13.1 Å². The fourth-order valence-electron chi connectivity index (χ4n) is 2.79. The first-order chi connectivity index (χ1) is 7.36. The van der Waals surface area contributed by atoms with Crippen molar-refractivity contribution in [2.75, 3.05) is 13.1 Å².